The van der Waals surface area contributed by atoms with Gasteiger partial charge in [0.25, 0.3) is 0 Å². The van der Waals surface area contributed by atoms with E-state index in [2.05, 4.69) is 9.97 Å². The Bertz CT molecular complexity index is 676. The topological polar surface area (TPSA) is 64.9 Å². The molecule has 0 bridgehead atoms. The summed E-state index contributed by atoms with van der Waals surface area (Å²) >= 11 is 5.82. The second-order valence-electron chi connectivity index (χ2n) is 3.58. The Morgan fingerprint density at radius 3 is 2.59 bits per heavy atom. The molecule has 0 fully saturated rings. The number of nitrogens with two attached hydrogens (primary N) is 1. The number of fused-ring (bicyclic) bond motifs is 1. The van der Waals surface area contributed by atoms with E-state index in [-0.39, 0.29) is 0 Å². The van der Waals surface area contributed by atoms with Gasteiger partial charge in [0, 0.05) is 16.8 Å². The molecule has 4 nitrogen and oxygen atoms in total. The van der Waals surface area contributed by atoms with Gasteiger partial charge in [-0.15, -0.1) is 0 Å². The largest absolute Gasteiger partial charge is 0.432 e. The van der Waals surface area contributed by atoms with E-state index in [0.717, 1.165) is 5.56 Å². The van der Waals surface area contributed by atoms with Crippen LogP contribution in [0.25, 0.3) is 22.7 Å². The maximum absolute atomic E-state index is 5.82. The molecule has 0 spiro atoms. The summed E-state index contributed by atoms with van der Waals surface area (Å²) in [5.41, 5.74) is 8.17. The Labute approximate surface area is 102 Å². The molecule has 84 valence electrons. The van der Waals surface area contributed by atoms with Crippen molar-refractivity contribution < 1.29 is 4.42 Å². The minimum atomic E-state index is 0.488. The monoisotopic (exact) mass is 245 g/mol. The van der Waals surface area contributed by atoms with Crippen LogP contribution in [0, 0.1) is 0 Å². The molecule has 0 radical (unpaired) electrons. The van der Waals surface area contributed by atoms with Crippen molar-refractivity contribution in [3.63, 3.8) is 0 Å². The second kappa shape index (κ2) is 3.75. The lowest BCUT2D eigenvalue weighted by Crippen LogP contribution is -1.85. The zero-order valence-corrected chi connectivity index (χ0v) is 9.48. The van der Waals surface area contributed by atoms with Gasteiger partial charge in [0.05, 0.1) is 5.69 Å². The standard InChI is InChI=1S/C12H8ClN3O/c13-8-3-1-7(2-4-8)12-16-11-10(17-12)9(14)5-6-15-11/h1-6H,(H2,14,15). The van der Waals surface area contributed by atoms with Gasteiger partial charge < -0.3 is 10.2 Å². The molecule has 0 aliphatic rings. The molecule has 0 saturated heterocycles. The number of hydrogen-bond acceptors (Lipinski definition) is 4. The zero-order chi connectivity index (χ0) is 11.8. The zero-order valence-electron chi connectivity index (χ0n) is 8.72. The molecular formula is C12H8ClN3O. The third-order valence-corrected chi connectivity index (χ3v) is 2.67. The van der Waals surface area contributed by atoms with Crippen molar-refractivity contribution in [2.45, 2.75) is 0 Å². The summed E-state index contributed by atoms with van der Waals surface area (Å²) in [5, 5.41) is 0.669. The lowest BCUT2D eigenvalue weighted by Gasteiger charge is -1.94. The van der Waals surface area contributed by atoms with Gasteiger partial charge in [-0.2, -0.15) is 4.98 Å². The highest BCUT2D eigenvalue weighted by Crippen LogP contribution is 2.26. The van der Waals surface area contributed by atoms with Crippen molar-refractivity contribution in [1.29, 1.82) is 0 Å². The first-order valence-corrected chi connectivity index (χ1v) is 5.39. The van der Waals surface area contributed by atoms with Crippen LogP contribution in [0.4, 0.5) is 5.69 Å². The highest BCUT2D eigenvalue weighted by Gasteiger charge is 2.10. The number of nitrogens with zero attached hydrogens (tertiary/aromatic N) is 2. The van der Waals surface area contributed by atoms with Crippen LogP contribution < -0.4 is 5.73 Å². The number of halogens is 1. The van der Waals surface area contributed by atoms with E-state index in [1.165, 1.54) is 0 Å². The van der Waals surface area contributed by atoms with Gasteiger partial charge in [-0.05, 0) is 30.3 Å². The first-order chi connectivity index (χ1) is 8.24. The molecule has 3 aromatic rings. The fourth-order valence-corrected chi connectivity index (χ4v) is 1.69. The van der Waals surface area contributed by atoms with E-state index < -0.39 is 0 Å². The fraction of sp³-hybridized carbons (Fsp3) is 0. The number of pyridine rings is 1. The molecule has 2 aromatic heterocycles. The first kappa shape index (κ1) is 10.1. The predicted octanol–water partition coefficient (Wildman–Crippen LogP) is 3.13. The van der Waals surface area contributed by atoms with E-state index in [1.54, 1.807) is 24.4 Å². The average molecular weight is 246 g/mol. The summed E-state index contributed by atoms with van der Waals surface area (Å²) in [7, 11) is 0. The van der Waals surface area contributed by atoms with Gasteiger partial charge in [0.1, 0.15) is 0 Å². The number of hydrogen-bond donors (Lipinski definition) is 1. The van der Waals surface area contributed by atoms with Crippen LogP contribution in [0.2, 0.25) is 5.02 Å². The van der Waals surface area contributed by atoms with Crippen molar-refractivity contribution in [2.75, 3.05) is 5.73 Å². The van der Waals surface area contributed by atoms with E-state index in [4.69, 9.17) is 21.8 Å². The molecule has 0 saturated carbocycles. The minimum Gasteiger partial charge on any atom is -0.432 e. The Kier molecular flexibility index (Phi) is 2.23. The molecule has 5 heteroatoms. The third-order valence-electron chi connectivity index (χ3n) is 2.41. The Morgan fingerprint density at radius 1 is 1.12 bits per heavy atom. The molecule has 3 rings (SSSR count). The summed E-state index contributed by atoms with van der Waals surface area (Å²) in [5.74, 6) is 0.488. The average Bonchev–Trinajstić information content (AvgIpc) is 2.75. The molecule has 0 aliphatic heterocycles. The smallest absolute Gasteiger partial charge is 0.228 e. The lowest BCUT2D eigenvalue weighted by molar-refractivity contribution is 0.621. The number of anilines is 1. The normalized spacial score (nSPS) is 10.9. The molecule has 2 N–H and O–H groups in total. The van der Waals surface area contributed by atoms with Gasteiger partial charge in [-0.1, -0.05) is 11.6 Å². The number of benzene rings is 1. The molecule has 1 aromatic carbocycles. The lowest BCUT2D eigenvalue weighted by atomic mass is 10.2. The first-order valence-electron chi connectivity index (χ1n) is 5.01. The second-order valence-corrected chi connectivity index (χ2v) is 4.02. The molecule has 0 amide bonds. The molecule has 0 unspecified atom stereocenters. The van der Waals surface area contributed by atoms with Crippen LogP contribution in [0.1, 0.15) is 0 Å². The van der Waals surface area contributed by atoms with Gasteiger partial charge in [-0.25, -0.2) is 4.98 Å². The van der Waals surface area contributed by atoms with Gasteiger partial charge in [0.15, 0.2) is 5.58 Å². The predicted molar refractivity (Wildman–Crippen MR) is 66.7 cm³/mol. The van der Waals surface area contributed by atoms with Crippen LogP contribution in [0.3, 0.4) is 0 Å². The Hall–Kier alpha value is -2.07. The van der Waals surface area contributed by atoms with Crippen molar-refractivity contribution in [3.8, 4) is 11.5 Å². The number of aromatic nitrogens is 2. The third kappa shape index (κ3) is 1.72. The molecule has 0 aliphatic carbocycles. The SMILES string of the molecule is Nc1ccnc2nc(-c3ccc(Cl)cc3)oc12. The highest BCUT2D eigenvalue weighted by atomic mass is 35.5. The Balaban J connectivity index is 2.18. The van der Waals surface area contributed by atoms with E-state index in [0.29, 0.717) is 27.8 Å². The summed E-state index contributed by atoms with van der Waals surface area (Å²) in [6.07, 6.45) is 1.60. The fourth-order valence-electron chi connectivity index (χ4n) is 1.57. The number of rotatable bonds is 1. The van der Waals surface area contributed by atoms with Crippen molar-refractivity contribution in [2.24, 2.45) is 0 Å². The summed E-state index contributed by atoms with van der Waals surface area (Å²) in [4.78, 5) is 8.37. The highest BCUT2D eigenvalue weighted by molar-refractivity contribution is 6.30. The maximum atomic E-state index is 5.82. The molecule has 2 heterocycles. The van der Waals surface area contributed by atoms with Crippen LogP contribution in [-0.2, 0) is 0 Å². The van der Waals surface area contributed by atoms with E-state index in [1.807, 2.05) is 12.1 Å². The van der Waals surface area contributed by atoms with Crippen LogP contribution in [0.5, 0.6) is 0 Å². The van der Waals surface area contributed by atoms with Gasteiger partial charge >= 0.3 is 0 Å². The van der Waals surface area contributed by atoms with Crippen LogP contribution in [-0.4, -0.2) is 9.97 Å². The molecule has 0 atom stereocenters. The number of oxazole rings is 1. The Morgan fingerprint density at radius 2 is 1.88 bits per heavy atom. The van der Waals surface area contributed by atoms with E-state index >= 15 is 0 Å². The molecular weight excluding hydrogens is 238 g/mol. The summed E-state index contributed by atoms with van der Waals surface area (Å²) in [6.45, 7) is 0. The summed E-state index contributed by atoms with van der Waals surface area (Å²) in [6, 6.07) is 8.91. The quantitative estimate of drug-likeness (QED) is 0.715. The van der Waals surface area contributed by atoms with Crippen molar-refractivity contribution >= 4 is 28.5 Å². The van der Waals surface area contributed by atoms with Crippen LogP contribution in [0.15, 0.2) is 40.9 Å². The van der Waals surface area contributed by atoms with Gasteiger partial charge in [-0.3, -0.25) is 0 Å². The van der Waals surface area contributed by atoms with Crippen molar-refractivity contribution in [1.82, 2.24) is 9.97 Å². The number of nitrogen functional groups attached to an aromatic ring is 1. The van der Waals surface area contributed by atoms with E-state index in [9.17, 15) is 0 Å². The van der Waals surface area contributed by atoms with Gasteiger partial charge in [0.2, 0.25) is 11.5 Å². The van der Waals surface area contributed by atoms with Crippen molar-refractivity contribution in [3.05, 3.63) is 41.6 Å². The summed E-state index contributed by atoms with van der Waals surface area (Å²) < 4.78 is 5.58. The maximum Gasteiger partial charge on any atom is 0.228 e. The minimum absolute atomic E-state index is 0.488. The molecule has 17 heavy (non-hydrogen) atoms. The van der Waals surface area contributed by atoms with Crippen LogP contribution >= 0.6 is 11.6 Å².